The molecule has 0 aliphatic rings. The van der Waals surface area contributed by atoms with Crippen LogP contribution in [0.4, 0.5) is 0 Å². The second kappa shape index (κ2) is 5.09. The standard InChI is InChI=1S/C10H23N3OS/c1-9(2,3)12-8(15)13(11)7-6-10(4,5)14/h14H,6-7,11H2,1-5H3,(H,12,15). The molecule has 0 aromatic rings. The first-order chi connectivity index (χ1) is 6.51. The van der Waals surface area contributed by atoms with Gasteiger partial charge in [0.25, 0.3) is 0 Å². The number of rotatable bonds is 3. The predicted molar refractivity (Wildman–Crippen MR) is 67.3 cm³/mol. The summed E-state index contributed by atoms with van der Waals surface area (Å²) in [5.41, 5.74) is -0.807. The molecule has 0 spiro atoms. The van der Waals surface area contributed by atoms with Crippen molar-refractivity contribution >= 4 is 17.3 Å². The van der Waals surface area contributed by atoms with Crippen molar-refractivity contribution in [2.75, 3.05) is 6.54 Å². The molecule has 15 heavy (non-hydrogen) atoms. The first kappa shape index (κ1) is 14.6. The maximum Gasteiger partial charge on any atom is 0.183 e. The molecule has 5 heteroatoms. The molecule has 0 amide bonds. The molecule has 0 aromatic heterocycles. The number of thiocarbonyl (C=S) groups is 1. The van der Waals surface area contributed by atoms with Crippen LogP contribution < -0.4 is 11.2 Å². The Kier molecular flexibility index (Phi) is 4.96. The fourth-order valence-electron chi connectivity index (χ4n) is 0.888. The third kappa shape index (κ3) is 8.59. The molecule has 4 nitrogen and oxygen atoms in total. The van der Waals surface area contributed by atoms with E-state index in [2.05, 4.69) is 5.32 Å². The molecule has 0 aliphatic heterocycles. The van der Waals surface area contributed by atoms with Gasteiger partial charge in [0.1, 0.15) is 0 Å². The van der Waals surface area contributed by atoms with E-state index in [9.17, 15) is 5.11 Å². The maximum atomic E-state index is 9.53. The van der Waals surface area contributed by atoms with E-state index in [0.717, 1.165) is 0 Å². The highest BCUT2D eigenvalue weighted by Crippen LogP contribution is 2.07. The van der Waals surface area contributed by atoms with Crippen molar-refractivity contribution in [1.82, 2.24) is 10.3 Å². The van der Waals surface area contributed by atoms with Crippen LogP contribution in [0.5, 0.6) is 0 Å². The van der Waals surface area contributed by atoms with Crippen molar-refractivity contribution in [3.8, 4) is 0 Å². The molecule has 0 saturated heterocycles. The van der Waals surface area contributed by atoms with Gasteiger partial charge in [0.05, 0.1) is 5.60 Å². The number of nitrogens with one attached hydrogen (secondary N) is 1. The van der Waals surface area contributed by atoms with Gasteiger partial charge >= 0.3 is 0 Å². The van der Waals surface area contributed by atoms with Gasteiger partial charge in [0, 0.05) is 12.1 Å². The first-order valence-corrected chi connectivity index (χ1v) is 5.49. The molecule has 0 radical (unpaired) electrons. The molecule has 0 atom stereocenters. The van der Waals surface area contributed by atoms with Crippen LogP contribution in [0.15, 0.2) is 0 Å². The van der Waals surface area contributed by atoms with Gasteiger partial charge in [-0.05, 0) is 53.3 Å². The number of hydrazine groups is 1. The zero-order chi connectivity index (χ0) is 12.3. The molecule has 0 aromatic carbocycles. The highest BCUT2D eigenvalue weighted by Gasteiger charge is 2.17. The van der Waals surface area contributed by atoms with Gasteiger partial charge in [-0.3, -0.25) is 5.01 Å². The van der Waals surface area contributed by atoms with Crippen LogP contribution in [0.2, 0.25) is 0 Å². The summed E-state index contributed by atoms with van der Waals surface area (Å²) in [7, 11) is 0. The quantitative estimate of drug-likeness (QED) is 0.385. The summed E-state index contributed by atoms with van der Waals surface area (Å²) in [6, 6.07) is 0. The Hall–Kier alpha value is -0.390. The van der Waals surface area contributed by atoms with Crippen molar-refractivity contribution in [1.29, 1.82) is 0 Å². The molecule has 0 heterocycles. The van der Waals surface area contributed by atoms with Gasteiger partial charge in [-0.25, -0.2) is 5.84 Å². The van der Waals surface area contributed by atoms with E-state index in [0.29, 0.717) is 18.1 Å². The summed E-state index contributed by atoms with van der Waals surface area (Å²) in [6.45, 7) is 10.1. The van der Waals surface area contributed by atoms with E-state index in [1.807, 2.05) is 20.8 Å². The highest BCUT2D eigenvalue weighted by molar-refractivity contribution is 7.80. The lowest BCUT2D eigenvalue weighted by Crippen LogP contribution is -2.52. The van der Waals surface area contributed by atoms with Gasteiger partial charge in [-0.2, -0.15) is 0 Å². The Bertz CT molecular complexity index is 218. The fourth-order valence-corrected chi connectivity index (χ4v) is 1.29. The Morgan fingerprint density at radius 2 is 1.80 bits per heavy atom. The third-order valence-corrected chi connectivity index (χ3v) is 2.04. The van der Waals surface area contributed by atoms with Crippen molar-refractivity contribution in [3.63, 3.8) is 0 Å². The molecule has 0 fully saturated rings. The van der Waals surface area contributed by atoms with Gasteiger partial charge in [-0.15, -0.1) is 0 Å². The Balaban J connectivity index is 4.01. The Morgan fingerprint density at radius 3 is 2.13 bits per heavy atom. The normalized spacial score (nSPS) is 12.5. The van der Waals surface area contributed by atoms with Crippen LogP contribution in [0.3, 0.4) is 0 Å². The van der Waals surface area contributed by atoms with Crippen molar-refractivity contribution in [3.05, 3.63) is 0 Å². The second-order valence-electron chi connectivity index (χ2n) is 5.44. The van der Waals surface area contributed by atoms with E-state index in [4.69, 9.17) is 18.1 Å². The molecule has 90 valence electrons. The maximum absolute atomic E-state index is 9.53. The van der Waals surface area contributed by atoms with Gasteiger partial charge in [0.2, 0.25) is 0 Å². The minimum Gasteiger partial charge on any atom is -0.390 e. The van der Waals surface area contributed by atoms with Crippen molar-refractivity contribution in [2.45, 2.75) is 52.2 Å². The lowest BCUT2D eigenvalue weighted by molar-refractivity contribution is 0.0644. The SMILES string of the molecule is CC(C)(O)CCN(N)C(=S)NC(C)(C)C. The van der Waals surface area contributed by atoms with Crippen LogP contribution in [-0.2, 0) is 0 Å². The second-order valence-corrected chi connectivity index (χ2v) is 5.82. The summed E-state index contributed by atoms with van der Waals surface area (Å²) < 4.78 is 0. The summed E-state index contributed by atoms with van der Waals surface area (Å²) in [5.74, 6) is 5.75. The molecule has 0 aliphatic carbocycles. The van der Waals surface area contributed by atoms with Gasteiger partial charge in [-0.1, -0.05) is 0 Å². The molecule has 0 unspecified atom stereocenters. The highest BCUT2D eigenvalue weighted by atomic mass is 32.1. The zero-order valence-corrected chi connectivity index (χ0v) is 11.1. The molecular formula is C10H23N3OS. The van der Waals surface area contributed by atoms with Crippen LogP contribution in [0.1, 0.15) is 41.0 Å². The molecule has 0 saturated carbocycles. The van der Waals surface area contributed by atoms with E-state index in [-0.39, 0.29) is 5.54 Å². The lowest BCUT2D eigenvalue weighted by atomic mass is 10.1. The number of nitrogens with zero attached hydrogens (tertiary/aromatic N) is 1. The Morgan fingerprint density at radius 1 is 1.33 bits per heavy atom. The average Bonchev–Trinajstić information content (AvgIpc) is 1.95. The molecule has 0 bridgehead atoms. The van der Waals surface area contributed by atoms with E-state index in [1.54, 1.807) is 13.8 Å². The first-order valence-electron chi connectivity index (χ1n) is 5.08. The average molecular weight is 233 g/mol. The topological polar surface area (TPSA) is 61.5 Å². The summed E-state index contributed by atoms with van der Waals surface area (Å²) in [6.07, 6.45) is 0.579. The monoisotopic (exact) mass is 233 g/mol. The predicted octanol–water partition coefficient (Wildman–Crippen LogP) is 0.996. The fraction of sp³-hybridized carbons (Fsp3) is 0.900. The van der Waals surface area contributed by atoms with Crippen molar-refractivity contribution in [2.24, 2.45) is 5.84 Å². The Labute approximate surface area is 97.8 Å². The largest absolute Gasteiger partial charge is 0.390 e. The van der Waals surface area contributed by atoms with E-state index in [1.165, 1.54) is 5.01 Å². The molecular weight excluding hydrogens is 210 g/mol. The van der Waals surface area contributed by atoms with Crippen LogP contribution in [-0.4, -0.2) is 32.9 Å². The summed E-state index contributed by atoms with van der Waals surface area (Å²) in [5, 5.41) is 14.6. The van der Waals surface area contributed by atoms with E-state index >= 15 is 0 Å². The lowest BCUT2D eigenvalue weighted by Gasteiger charge is -2.29. The summed E-state index contributed by atoms with van der Waals surface area (Å²) in [4.78, 5) is 0. The van der Waals surface area contributed by atoms with Gasteiger partial charge in [0.15, 0.2) is 5.11 Å². The van der Waals surface area contributed by atoms with E-state index < -0.39 is 5.60 Å². The number of hydrogen-bond acceptors (Lipinski definition) is 3. The van der Waals surface area contributed by atoms with Crippen LogP contribution >= 0.6 is 12.2 Å². The molecule has 0 rings (SSSR count). The minimum atomic E-state index is -0.713. The molecule has 4 N–H and O–H groups in total. The number of nitrogens with two attached hydrogens (primary N) is 1. The smallest absolute Gasteiger partial charge is 0.183 e. The zero-order valence-electron chi connectivity index (χ0n) is 10.3. The number of aliphatic hydroxyl groups is 1. The minimum absolute atomic E-state index is 0.0938. The van der Waals surface area contributed by atoms with Crippen LogP contribution in [0.25, 0.3) is 0 Å². The summed E-state index contributed by atoms with van der Waals surface area (Å²) >= 11 is 5.12. The van der Waals surface area contributed by atoms with Crippen LogP contribution in [0, 0.1) is 0 Å². The van der Waals surface area contributed by atoms with Gasteiger partial charge < -0.3 is 10.4 Å². The van der Waals surface area contributed by atoms with Crippen molar-refractivity contribution < 1.29 is 5.11 Å². The number of hydrogen-bond donors (Lipinski definition) is 3. The third-order valence-electron chi connectivity index (χ3n) is 1.71.